The van der Waals surface area contributed by atoms with E-state index in [2.05, 4.69) is 5.32 Å². The Balaban J connectivity index is -0.000000609. The first-order chi connectivity index (χ1) is 8.09. The number of amides is 2. The van der Waals surface area contributed by atoms with Gasteiger partial charge in [0.15, 0.2) is 0 Å². The Morgan fingerprint density at radius 1 is 1.24 bits per heavy atom. The molecular formula is C13H24N2O2. The molecule has 0 saturated carbocycles. The van der Waals surface area contributed by atoms with E-state index in [0.29, 0.717) is 13.0 Å². The lowest BCUT2D eigenvalue weighted by atomic mass is 10.1. The highest BCUT2D eigenvalue weighted by molar-refractivity contribution is 6.34. The zero-order valence-corrected chi connectivity index (χ0v) is 10.6. The minimum Gasteiger partial charge on any atom is -0.361 e. The van der Waals surface area contributed by atoms with Crippen molar-refractivity contribution in [3.63, 3.8) is 0 Å². The van der Waals surface area contributed by atoms with Crippen LogP contribution in [0.3, 0.4) is 0 Å². The van der Waals surface area contributed by atoms with Gasteiger partial charge in [-0.2, -0.15) is 0 Å². The van der Waals surface area contributed by atoms with E-state index in [1.54, 1.807) is 0 Å². The SMILES string of the molecule is CC.Cc1ccc(CCNC(=O)C(N)=O)cc1.[HH].[HH]. The van der Waals surface area contributed by atoms with E-state index in [1.165, 1.54) is 5.56 Å². The van der Waals surface area contributed by atoms with Gasteiger partial charge in [0, 0.05) is 9.40 Å². The summed E-state index contributed by atoms with van der Waals surface area (Å²) >= 11 is 0. The van der Waals surface area contributed by atoms with E-state index in [0.717, 1.165) is 5.56 Å². The molecule has 0 aliphatic rings. The lowest BCUT2D eigenvalue weighted by molar-refractivity contribution is -0.137. The van der Waals surface area contributed by atoms with Crippen LogP contribution in [0.15, 0.2) is 24.3 Å². The van der Waals surface area contributed by atoms with Crippen LogP contribution in [0.5, 0.6) is 0 Å². The van der Waals surface area contributed by atoms with E-state index in [9.17, 15) is 9.59 Å². The number of nitrogens with two attached hydrogens (primary N) is 1. The number of hydrogen-bond donors (Lipinski definition) is 2. The highest BCUT2D eigenvalue weighted by Gasteiger charge is 2.06. The Morgan fingerprint density at radius 3 is 2.24 bits per heavy atom. The summed E-state index contributed by atoms with van der Waals surface area (Å²) in [5.41, 5.74) is 7.09. The van der Waals surface area contributed by atoms with Crippen LogP contribution in [-0.4, -0.2) is 18.4 Å². The molecule has 0 fully saturated rings. The number of rotatable bonds is 3. The molecule has 4 nitrogen and oxygen atoms in total. The molecule has 4 heteroatoms. The van der Waals surface area contributed by atoms with Gasteiger partial charge in [-0.25, -0.2) is 0 Å². The fraction of sp³-hybridized carbons (Fsp3) is 0.385. The van der Waals surface area contributed by atoms with Crippen LogP contribution in [0.1, 0.15) is 27.8 Å². The first kappa shape index (κ1) is 15.2. The second kappa shape index (κ2) is 8.33. The van der Waals surface area contributed by atoms with Gasteiger partial charge in [0.2, 0.25) is 0 Å². The number of carbonyl (C=O) groups is 2. The summed E-state index contributed by atoms with van der Waals surface area (Å²) in [5, 5.41) is 2.43. The average molecular weight is 240 g/mol. The van der Waals surface area contributed by atoms with Crippen molar-refractivity contribution >= 4 is 11.8 Å². The summed E-state index contributed by atoms with van der Waals surface area (Å²) in [7, 11) is 0. The van der Waals surface area contributed by atoms with Gasteiger partial charge >= 0.3 is 11.8 Å². The molecule has 1 aromatic carbocycles. The Labute approximate surface area is 105 Å². The first-order valence-corrected chi connectivity index (χ1v) is 5.73. The summed E-state index contributed by atoms with van der Waals surface area (Å²) in [6, 6.07) is 7.99. The number of nitrogens with one attached hydrogen (secondary N) is 1. The van der Waals surface area contributed by atoms with Gasteiger partial charge in [-0.1, -0.05) is 43.7 Å². The molecule has 0 radical (unpaired) electrons. The highest BCUT2D eigenvalue weighted by atomic mass is 16.2. The molecule has 1 aromatic rings. The molecule has 0 aliphatic carbocycles. The molecule has 0 unspecified atom stereocenters. The Bertz CT molecular complexity index is 367. The van der Waals surface area contributed by atoms with Crippen molar-refractivity contribution in [1.82, 2.24) is 5.32 Å². The zero-order valence-electron chi connectivity index (χ0n) is 10.6. The smallest absolute Gasteiger partial charge is 0.309 e. The summed E-state index contributed by atoms with van der Waals surface area (Å²) in [6.45, 7) is 6.43. The zero-order chi connectivity index (χ0) is 13.3. The number of aryl methyl sites for hydroxylation is 1. The van der Waals surface area contributed by atoms with Gasteiger partial charge in [0.1, 0.15) is 0 Å². The molecule has 0 spiro atoms. The van der Waals surface area contributed by atoms with Crippen molar-refractivity contribution in [1.29, 1.82) is 0 Å². The fourth-order valence-corrected chi connectivity index (χ4v) is 1.16. The maximum atomic E-state index is 10.8. The van der Waals surface area contributed by atoms with Gasteiger partial charge in [0.05, 0.1) is 0 Å². The van der Waals surface area contributed by atoms with Crippen molar-refractivity contribution in [2.24, 2.45) is 5.73 Å². The predicted octanol–water partition coefficient (Wildman–Crippen LogP) is 1.66. The fourth-order valence-electron chi connectivity index (χ4n) is 1.16. The van der Waals surface area contributed by atoms with Crippen LogP contribution < -0.4 is 11.1 Å². The number of benzene rings is 1. The molecule has 0 heterocycles. The van der Waals surface area contributed by atoms with Crippen LogP contribution >= 0.6 is 0 Å². The predicted molar refractivity (Wildman–Crippen MR) is 72.7 cm³/mol. The summed E-state index contributed by atoms with van der Waals surface area (Å²) in [6.07, 6.45) is 0.694. The lowest BCUT2D eigenvalue weighted by Crippen LogP contribution is -2.37. The normalized spacial score (nSPS) is 8.88. The van der Waals surface area contributed by atoms with Crippen molar-refractivity contribution in [2.45, 2.75) is 27.2 Å². The topological polar surface area (TPSA) is 72.2 Å². The van der Waals surface area contributed by atoms with Gasteiger partial charge in [0.25, 0.3) is 0 Å². The van der Waals surface area contributed by atoms with E-state index in [-0.39, 0.29) is 2.85 Å². The second-order valence-corrected chi connectivity index (χ2v) is 3.36. The molecule has 98 valence electrons. The molecule has 0 atom stereocenters. The second-order valence-electron chi connectivity index (χ2n) is 3.36. The maximum absolute atomic E-state index is 10.8. The van der Waals surface area contributed by atoms with Crippen molar-refractivity contribution < 1.29 is 12.4 Å². The minimum absolute atomic E-state index is 0. The van der Waals surface area contributed by atoms with Gasteiger partial charge < -0.3 is 11.1 Å². The molecule has 0 aliphatic heterocycles. The van der Waals surface area contributed by atoms with Crippen molar-refractivity contribution in [3.8, 4) is 0 Å². The summed E-state index contributed by atoms with van der Waals surface area (Å²) < 4.78 is 0. The molecule has 0 saturated heterocycles. The van der Waals surface area contributed by atoms with Crippen LogP contribution in [0.2, 0.25) is 0 Å². The van der Waals surface area contributed by atoms with Crippen molar-refractivity contribution in [3.05, 3.63) is 35.4 Å². The third-order valence-corrected chi connectivity index (χ3v) is 2.04. The highest BCUT2D eigenvalue weighted by Crippen LogP contribution is 2.02. The van der Waals surface area contributed by atoms with Crippen LogP contribution in [-0.2, 0) is 16.0 Å². The van der Waals surface area contributed by atoms with E-state index in [1.807, 2.05) is 45.0 Å². The molecule has 3 N–H and O–H groups in total. The largest absolute Gasteiger partial charge is 0.361 e. The third-order valence-electron chi connectivity index (χ3n) is 2.04. The number of hydrogen-bond acceptors (Lipinski definition) is 2. The quantitative estimate of drug-likeness (QED) is 0.789. The van der Waals surface area contributed by atoms with Crippen molar-refractivity contribution in [2.75, 3.05) is 6.54 Å². The molecule has 0 aromatic heterocycles. The van der Waals surface area contributed by atoms with Crippen LogP contribution in [0.25, 0.3) is 0 Å². The van der Waals surface area contributed by atoms with Crippen LogP contribution in [0, 0.1) is 6.92 Å². The number of primary amides is 1. The van der Waals surface area contributed by atoms with E-state index < -0.39 is 11.8 Å². The molecule has 1 rings (SSSR count). The Hall–Kier alpha value is -1.84. The van der Waals surface area contributed by atoms with Gasteiger partial charge in [-0.05, 0) is 18.9 Å². The Morgan fingerprint density at radius 2 is 1.76 bits per heavy atom. The van der Waals surface area contributed by atoms with Gasteiger partial charge in [-0.3, -0.25) is 9.59 Å². The Kier molecular flexibility index (Phi) is 7.43. The standard InChI is InChI=1S/C11H14N2O2.C2H6.2H2/c1-8-2-4-9(5-3-8)6-7-13-11(15)10(12)14;1-2;;/h2-5H,6-7H2,1H3,(H2,12,14)(H,13,15);1-2H3;2*1H. The summed E-state index contributed by atoms with van der Waals surface area (Å²) in [4.78, 5) is 21.2. The molecular weight excluding hydrogens is 216 g/mol. The average Bonchev–Trinajstić information content (AvgIpc) is 2.34. The third kappa shape index (κ3) is 6.35. The summed E-state index contributed by atoms with van der Waals surface area (Å²) in [5.74, 6) is -1.68. The van der Waals surface area contributed by atoms with E-state index in [4.69, 9.17) is 5.73 Å². The molecule has 2 amide bonds. The monoisotopic (exact) mass is 240 g/mol. The van der Waals surface area contributed by atoms with Gasteiger partial charge in [-0.15, -0.1) is 0 Å². The van der Waals surface area contributed by atoms with E-state index >= 15 is 0 Å². The van der Waals surface area contributed by atoms with Crippen LogP contribution in [0.4, 0.5) is 0 Å². The first-order valence-electron chi connectivity index (χ1n) is 5.73. The minimum atomic E-state index is -0.945. The maximum Gasteiger partial charge on any atom is 0.309 e. The molecule has 0 bridgehead atoms. The molecule has 17 heavy (non-hydrogen) atoms. The number of carbonyl (C=O) groups excluding carboxylic acids is 2. The lowest BCUT2D eigenvalue weighted by Gasteiger charge is -2.03.